The highest BCUT2D eigenvalue weighted by atomic mass is 32.2. The molecular weight excluding hydrogens is 466 g/mol. The maximum atomic E-state index is 15.4. The van der Waals surface area contributed by atoms with Crippen molar-refractivity contribution in [3.8, 4) is 5.75 Å². The Hall–Kier alpha value is -2.82. The van der Waals surface area contributed by atoms with E-state index in [9.17, 15) is 23.1 Å². The molecule has 2 aromatic rings. The van der Waals surface area contributed by atoms with Crippen LogP contribution in [0.1, 0.15) is 47.7 Å². The van der Waals surface area contributed by atoms with Gasteiger partial charge in [-0.25, -0.2) is 13.6 Å². The third-order valence-electron chi connectivity index (χ3n) is 6.33. The first-order valence-electron chi connectivity index (χ1n) is 11.1. The Balaban J connectivity index is 1.85. The molecule has 10 heteroatoms. The van der Waals surface area contributed by atoms with Gasteiger partial charge in [-0.3, -0.25) is 8.51 Å². The standard InChI is InChI=1S/C24H26F2N2O5S/c1-3-27(4-2)9-5-6-14-10-16(25)7-8-20(14)28(34(31)32)22-19(26)12-18-17-11-15(17)13-33-23(18)21(22)24(29)30/h5-8,10,12,15,17H,3-4,9,11,13H2,1-2H3,(H,29,30)(H,31,32)/p-1. The molecule has 1 fully saturated rings. The van der Waals surface area contributed by atoms with Gasteiger partial charge in [0.15, 0.2) is 0 Å². The van der Waals surface area contributed by atoms with Crippen molar-refractivity contribution in [2.45, 2.75) is 26.2 Å². The van der Waals surface area contributed by atoms with Crippen LogP contribution >= 0.6 is 0 Å². The third kappa shape index (κ3) is 4.57. The van der Waals surface area contributed by atoms with Crippen molar-refractivity contribution in [2.75, 3.05) is 30.5 Å². The van der Waals surface area contributed by atoms with Crippen LogP contribution in [0.3, 0.4) is 0 Å². The van der Waals surface area contributed by atoms with E-state index >= 15 is 4.39 Å². The summed E-state index contributed by atoms with van der Waals surface area (Å²) in [5.41, 5.74) is -0.708. The van der Waals surface area contributed by atoms with E-state index in [2.05, 4.69) is 4.90 Å². The lowest BCUT2D eigenvalue weighted by Gasteiger charge is -2.31. The Morgan fingerprint density at radius 3 is 2.68 bits per heavy atom. The Labute approximate surface area is 199 Å². The number of ether oxygens (including phenoxy) is 1. The summed E-state index contributed by atoms with van der Waals surface area (Å²) in [6.07, 6.45) is 4.05. The normalized spacial score (nSPS) is 19.5. The van der Waals surface area contributed by atoms with Crippen molar-refractivity contribution in [1.29, 1.82) is 0 Å². The topological polar surface area (TPSA) is 93.1 Å². The smallest absolute Gasteiger partial charge is 0.341 e. The fraction of sp³-hybridized carbons (Fsp3) is 0.375. The SMILES string of the molecule is CCN(CC)CC=Cc1cc(F)ccc1N(c1c(F)cc2c(c1C(=O)O)OCC1CC21)S(=O)[O-]. The summed E-state index contributed by atoms with van der Waals surface area (Å²) in [5, 5.41) is 9.94. The predicted octanol–water partition coefficient (Wildman–Crippen LogP) is 4.45. The second-order valence-electron chi connectivity index (χ2n) is 8.32. The Morgan fingerprint density at radius 2 is 2.03 bits per heavy atom. The molecule has 182 valence electrons. The minimum atomic E-state index is -3.12. The number of aromatic carboxylic acids is 1. The molecule has 1 saturated carbocycles. The zero-order valence-corrected chi connectivity index (χ0v) is 19.6. The number of nitrogens with zero attached hydrogens (tertiary/aromatic N) is 2. The minimum absolute atomic E-state index is 0.000918. The van der Waals surface area contributed by atoms with Gasteiger partial charge in [0.05, 0.1) is 23.6 Å². The summed E-state index contributed by atoms with van der Waals surface area (Å²) in [6, 6.07) is 4.50. The molecule has 3 unspecified atom stereocenters. The lowest BCUT2D eigenvalue weighted by molar-refractivity contribution is 0.0691. The number of benzene rings is 2. The first-order valence-corrected chi connectivity index (χ1v) is 12.1. The molecule has 0 bridgehead atoms. The highest BCUT2D eigenvalue weighted by Crippen LogP contribution is 2.56. The second-order valence-corrected chi connectivity index (χ2v) is 9.12. The van der Waals surface area contributed by atoms with E-state index in [-0.39, 0.29) is 28.8 Å². The van der Waals surface area contributed by atoms with E-state index in [1.54, 1.807) is 12.2 Å². The maximum absolute atomic E-state index is 15.4. The fourth-order valence-electron chi connectivity index (χ4n) is 4.40. The van der Waals surface area contributed by atoms with Gasteiger partial charge in [0, 0.05) is 23.6 Å². The van der Waals surface area contributed by atoms with E-state index in [0.29, 0.717) is 23.0 Å². The van der Waals surface area contributed by atoms with E-state index < -0.39 is 40.1 Å². The monoisotopic (exact) mass is 491 g/mol. The number of hydrogen-bond donors (Lipinski definition) is 1. The molecule has 2 aromatic carbocycles. The van der Waals surface area contributed by atoms with E-state index in [1.165, 1.54) is 6.07 Å². The molecule has 3 atom stereocenters. The van der Waals surface area contributed by atoms with Crippen LogP contribution in [0.2, 0.25) is 0 Å². The minimum Gasteiger partial charge on any atom is -0.755 e. The lowest BCUT2D eigenvalue weighted by atomic mass is 9.99. The van der Waals surface area contributed by atoms with E-state index in [4.69, 9.17) is 4.74 Å². The van der Waals surface area contributed by atoms with Gasteiger partial charge in [-0.1, -0.05) is 26.0 Å². The average molecular weight is 492 g/mol. The van der Waals surface area contributed by atoms with Crippen molar-refractivity contribution < 1.29 is 32.2 Å². The van der Waals surface area contributed by atoms with Crippen molar-refractivity contribution in [3.63, 3.8) is 0 Å². The molecule has 7 nitrogen and oxygen atoms in total. The second kappa shape index (κ2) is 9.81. The van der Waals surface area contributed by atoms with Crippen molar-refractivity contribution >= 4 is 34.7 Å². The molecule has 0 amide bonds. The third-order valence-corrected chi connectivity index (χ3v) is 7.01. The van der Waals surface area contributed by atoms with Crippen molar-refractivity contribution in [1.82, 2.24) is 4.90 Å². The molecule has 1 aliphatic heterocycles. The summed E-state index contributed by atoms with van der Waals surface area (Å²) < 4.78 is 60.5. The van der Waals surface area contributed by atoms with Crippen LogP contribution in [0.4, 0.5) is 20.2 Å². The van der Waals surface area contributed by atoms with Crippen LogP contribution in [-0.4, -0.2) is 51.0 Å². The molecule has 0 saturated heterocycles. The summed E-state index contributed by atoms with van der Waals surface area (Å²) in [6.45, 7) is 6.39. The Bertz CT molecular complexity index is 1170. The number of halogens is 2. The van der Waals surface area contributed by atoms with Crippen LogP contribution in [-0.2, 0) is 11.3 Å². The molecule has 34 heavy (non-hydrogen) atoms. The number of carboxylic acids is 1. The van der Waals surface area contributed by atoms with Gasteiger partial charge in [-0.2, -0.15) is 0 Å². The molecule has 0 spiro atoms. The highest BCUT2D eigenvalue weighted by Gasteiger charge is 2.46. The van der Waals surface area contributed by atoms with Crippen molar-refractivity contribution in [3.05, 3.63) is 58.7 Å². The molecule has 0 aromatic heterocycles. The van der Waals surface area contributed by atoms with E-state index in [1.807, 2.05) is 13.8 Å². The highest BCUT2D eigenvalue weighted by molar-refractivity contribution is 7.81. The van der Waals surface area contributed by atoms with E-state index in [0.717, 1.165) is 37.7 Å². The van der Waals surface area contributed by atoms with Gasteiger partial charge < -0.3 is 19.3 Å². The molecule has 1 aliphatic carbocycles. The van der Waals surface area contributed by atoms with Gasteiger partial charge in [0.1, 0.15) is 28.6 Å². The zero-order valence-electron chi connectivity index (χ0n) is 18.8. The molecule has 4 rings (SSSR count). The average Bonchev–Trinajstić information content (AvgIpc) is 3.58. The molecular formula is C24H25F2N2O5S-. The van der Waals surface area contributed by atoms with Crippen LogP contribution < -0.4 is 9.04 Å². The van der Waals surface area contributed by atoms with Gasteiger partial charge in [-0.15, -0.1) is 0 Å². The number of anilines is 2. The van der Waals surface area contributed by atoms with Crippen LogP contribution in [0, 0.1) is 17.6 Å². The number of hydrogen-bond acceptors (Lipinski definition) is 5. The summed E-state index contributed by atoms with van der Waals surface area (Å²) in [7, 11) is 0. The maximum Gasteiger partial charge on any atom is 0.341 e. The fourth-order valence-corrected chi connectivity index (χ4v) is 5.06. The molecule has 1 heterocycles. The van der Waals surface area contributed by atoms with Crippen molar-refractivity contribution in [2.24, 2.45) is 5.92 Å². The summed E-state index contributed by atoms with van der Waals surface area (Å²) in [5.74, 6) is -2.93. The van der Waals surface area contributed by atoms with Crippen LogP contribution in [0.15, 0.2) is 30.3 Å². The number of fused-ring (bicyclic) bond motifs is 3. The van der Waals surface area contributed by atoms with Gasteiger partial charge in [0.2, 0.25) is 0 Å². The lowest BCUT2D eigenvalue weighted by Crippen LogP contribution is -2.26. The van der Waals surface area contributed by atoms with Gasteiger partial charge in [0.25, 0.3) is 0 Å². The molecule has 2 aliphatic rings. The molecule has 0 radical (unpaired) electrons. The predicted molar refractivity (Wildman–Crippen MR) is 124 cm³/mol. The van der Waals surface area contributed by atoms with Crippen LogP contribution in [0.25, 0.3) is 6.08 Å². The molecule has 1 N–H and O–H groups in total. The Morgan fingerprint density at radius 1 is 1.29 bits per heavy atom. The number of carbonyl (C=O) groups is 1. The van der Waals surface area contributed by atoms with Gasteiger partial charge in [-0.05, 0) is 49.7 Å². The largest absolute Gasteiger partial charge is 0.755 e. The van der Waals surface area contributed by atoms with Gasteiger partial charge >= 0.3 is 5.97 Å². The quantitative estimate of drug-likeness (QED) is 0.521. The summed E-state index contributed by atoms with van der Waals surface area (Å²) >= 11 is -3.12. The Kier molecular flexibility index (Phi) is 7.01. The number of rotatable bonds is 9. The number of likely N-dealkylation sites (N-methyl/N-ethyl adjacent to an activating group) is 1. The number of carboxylic acid groups (broad SMARTS) is 1. The zero-order chi connectivity index (χ0) is 24.6. The van der Waals surface area contributed by atoms with Crippen LogP contribution in [0.5, 0.6) is 5.75 Å². The first kappa shape index (κ1) is 24.3. The first-order chi connectivity index (χ1) is 16.3. The summed E-state index contributed by atoms with van der Waals surface area (Å²) in [4.78, 5) is 14.3.